The van der Waals surface area contributed by atoms with Crippen molar-refractivity contribution in [3.8, 4) is 0 Å². The number of anilines is 1. The SMILES string of the molecule is O=C(O)CS(=O)(=O)Nc1ccccc1Cc1ccccc1. The van der Waals surface area contributed by atoms with Crippen LogP contribution in [-0.4, -0.2) is 25.2 Å². The molecule has 0 aliphatic carbocycles. The Kier molecular flexibility index (Phi) is 4.59. The van der Waals surface area contributed by atoms with Crippen LogP contribution in [0.5, 0.6) is 0 Å². The van der Waals surface area contributed by atoms with Crippen LogP contribution in [0.15, 0.2) is 54.6 Å². The van der Waals surface area contributed by atoms with Crippen LogP contribution >= 0.6 is 0 Å². The number of hydrogen-bond donors (Lipinski definition) is 2. The maximum absolute atomic E-state index is 11.7. The van der Waals surface area contributed by atoms with Crippen molar-refractivity contribution < 1.29 is 18.3 Å². The zero-order valence-electron chi connectivity index (χ0n) is 11.2. The predicted molar refractivity (Wildman–Crippen MR) is 80.7 cm³/mol. The molecular weight excluding hydrogens is 290 g/mol. The topological polar surface area (TPSA) is 83.5 Å². The van der Waals surface area contributed by atoms with Crippen LogP contribution in [0, 0.1) is 0 Å². The van der Waals surface area contributed by atoms with Crippen LogP contribution in [-0.2, 0) is 21.2 Å². The van der Waals surface area contributed by atoms with Gasteiger partial charge in [0.25, 0.3) is 0 Å². The molecule has 110 valence electrons. The molecule has 0 saturated heterocycles. The molecule has 0 aliphatic heterocycles. The molecule has 0 amide bonds. The Hall–Kier alpha value is -2.34. The maximum Gasteiger partial charge on any atom is 0.320 e. The van der Waals surface area contributed by atoms with E-state index in [0.29, 0.717) is 12.1 Å². The van der Waals surface area contributed by atoms with Crippen LogP contribution in [0.1, 0.15) is 11.1 Å². The molecule has 0 atom stereocenters. The number of hydrogen-bond acceptors (Lipinski definition) is 3. The number of sulfonamides is 1. The lowest BCUT2D eigenvalue weighted by Crippen LogP contribution is -2.23. The van der Waals surface area contributed by atoms with E-state index in [9.17, 15) is 13.2 Å². The van der Waals surface area contributed by atoms with E-state index < -0.39 is 21.7 Å². The summed E-state index contributed by atoms with van der Waals surface area (Å²) in [4.78, 5) is 10.6. The van der Waals surface area contributed by atoms with Gasteiger partial charge in [0.1, 0.15) is 0 Å². The summed E-state index contributed by atoms with van der Waals surface area (Å²) in [6.07, 6.45) is 0.562. The predicted octanol–water partition coefficient (Wildman–Crippen LogP) is 2.10. The van der Waals surface area contributed by atoms with E-state index in [4.69, 9.17) is 5.11 Å². The van der Waals surface area contributed by atoms with Gasteiger partial charge in [-0.3, -0.25) is 9.52 Å². The number of benzene rings is 2. The lowest BCUT2D eigenvalue weighted by atomic mass is 10.0. The number of nitrogens with one attached hydrogen (secondary N) is 1. The number of carboxylic acid groups (broad SMARTS) is 1. The van der Waals surface area contributed by atoms with Crippen LogP contribution < -0.4 is 4.72 Å². The molecule has 0 saturated carbocycles. The quantitative estimate of drug-likeness (QED) is 0.856. The lowest BCUT2D eigenvalue weighted by Gasteiger charge is -2.11. The van der Waals surface area contributed by atoms with Gasteiger partial charge in [-0.05, 0) is 23.6 Å². The summed E-state index contributed by atoms with van der Waals surface area (Å²) in [5, 5.41) is 8.61. The van der Waals surface area contributed by atoms with Gasteiger partial charge in [0, 0.05) is 0 Å². The number of para-hydroxylation sites is 1. The number of carbonyl (C=O) groups is 1. The van der Waals surface area contributed by atoms with Crippen molar-refractivity contribution in [1.82, 2.24) is 0 Å². The van der Waals surface area contributed by atoms with E-state index in [0.717, 1.165) is 11.1 Å². The molecule has 2 rings (SSSR count). The molecule has 2 N–H and O–H groups in total. The third-order valence-electron chi connectivity index (χ3n) is 2.83. The highest BCUT2D eigenvalue weighted by Crippen LogP contribution is 2.20. The first kappa shape index (κ1) is 15.1. The zero-order chi connectivity index (χ0) is 15.3. The minimum absolute atomic E-state index is 0.405. The van der Waals surface area contributed by atoms with Crippen molar-refractivity contribution in [2.75, 3.05) is 10.5 Å². The normalized spacial score (nSPS) is 11.0. The van der Waals surface area contributed by atoms with Crippen molar-refractivity contribution in [1.29, 1.82) is 0 Å². The van der Waals surface area contributed by atoms with Gasteiger partial charge in [-0.1, -0.05) is 48.5 Å². The first-order valence-corrected chi connectivity index (χ1v) is 7.95. The van der Waals surface area contributed by atoms with Crippen molar-refractivity contribution in [2.24, 2.45) is 0 Å². The Morgan fingerprint density at radius 3 is 2.29 bits per heavy atom. The zero-order valence-corrected chi connectivity index (χ0v) is 12.0. The highest BCUT2D eigenvalue weighted by molar-refractivity contribution is 7.93. The standard InChI is InChI=1S/C15H15NO4S/c17-15(18)11-21(19,20)16-14-9-5-4-8-13(14)10-12-6-2-1-3-7-12/h1-9,16H,10-11H2,(H,17,18). The number of rotatable bonds is 6. The first-order chi connectivity index (χ1) is 9.96. The van der Waals surface area contributed by atoms with E-state index in [1.54, 1.807) is 12.1 Å². The Morgan fingerprint density at radius 1 is 1.00 bits per heavy atom. The Bertz CT molecular complexity index is 726. The average molecular weight is 305 g/mol. The van der Waals surface area contributed by atoms with Crippen LogP contribution in [0.4, 0.5) is 5.69 Å². The summed E-state index contributed by atoms with van der Waals surface area (Å²) < 4.78 is 25.8. The maximum atomic E-state index is 11.7. The lowest BCUT2D eigenvalue weighted by molar-refractivity contribution is -0.134. The molecule has 0 bridgehead atoms. The minimum Gasteiger partial charge on any atom is -0.480 e. The second-order valence-corrected chi connectivity index (χ2v) is 6.30. The molecule has 0 unspecified atom stereocenters. The fourth-order valence-corrected chi connectivity index (χ4v) is 2.89. The Labute approximate surface area is 123 Å². The highest BCUT2D eigenvalue weighted by atomic mass is 32.2. The molecule has 6 heteroatoms. The summed E-state index contributed by atoms with van der Waals surface area (Å²) >= 11 is 0. The third kappa shape index (κ3) is 4.61. The molecule has 2 aromatic rings. The fourth-order valence-electron chi connectivity index (χ4n) is 1.96. The summed E-state index contributed by atoms with van der Waals surface area (Å²) in [5.74, 6) is -2.34. The van der Waals surface area contributed by atoms with Gasteiger partial charge in [-0.2, -0.15) is 0 Å². The van der Waals surface area contributed by atoms with Gasteiger partial charge in [0.15, 0.2) is 5.75 Å². The van der Waals surface area contributed by atoms with Crippen molar-refractivity contribution >= 4 is 21.7 Å². The number of carboxylic acids is 1. The van der Waals surface area contributed by atoms with Crippen LogP contribution in [0.25, 0.3) is 0 Å². The smallest absolute Gasteiger partial charge is 0.320 e. The largest absolute Gasteiger partial charge is 0.480 e. The highest BCUT2D eigenvalue weighted by Gasteiger charge is 2.17. The third-order valence-corrected chi connectivity index (χ3v) is 3.99. The molecule has 21 heavy (non-hydrogen) atoms. The fraction of sp³-hybridized carbons (Fsp3) is 0.133. The summed E-state index contributed by atoms with van der Waals surface area (Å²) in [6.45, 7) is 0. The second-order valence-electron chi connectivity index (χ2n) is 4.57. The monoisotopic (exact) mass is 305 g/mol. The molecule has 0 fully saturated rings. The van der Waals surface area contributed by atoms with Crippen molar-refractivity contribution in [3.05, 3.63) is 65.7 Å². The Morgan fingerprint density at radius 2 is 1.62 bits per heavy atom. The van der Waals surface area contributed by atoms with E-state index in [1.807, 2.05) is 42.5 Å². The summed E-state index contributed by atoms with van der Waals surface area (Å²) in [7, 11) is -3.90. The van der Waals surface area contributed by atoms with E-state index in [1.165, 1.54) is 0 Å². The molecule has 5 nitrogen and oxygen atoms in total. The van der Waals surface area contributed by atoms with Crippen LogP contribution in [0.2, 0.25) is 0 Å². The molecule has 0 heterocycles. The molecule has 0 aromatic heterocycles. The van der Waals surface area contributed by atoms with Crippen molar-refractivity contribution in [3.63, 3.8) is 0 Å². The van der Waals surface area contributed by atoms with Crippen LogP contribution in [0.3, 0.4) is 0 Å². The molecule has 0 spiro atoms. The van der Waals surface area contributed by atoms with Gasteiger partial charge in [-0.15, -0.1) is 0 Å². The van der Waals surface area contributed by atoms with Gasteiger partial charge in [0.05, 0.1) is 5.69 Å². The molecule has 0 aliphatic rings. The van der Waals surface area contributed by atoms with Gasteiger partial charge >= 0.3 is 5.97 Å². The minimum atomic E-state index is -3.90. The number of aliphatic carboxylic acids is 1. The van der Waals surface area contributed by atoms with Gasteiger partial charge < -0.3 is 5.11 Å². The summed E-state index contributed by atoms with van der Waals surface area (Å²) in [5.41, 5.74) is 2.24. The van der Waals surface area contributed by atoms with Gasteiger partial charge in [-0.25, -0.2) is 8.42 Å². The van der Waals surface area contributed by atoms with E-state index in [2.05, 4.69) is 4.72 Å². The molecule has 0 radical (unpaired) electrons. The second kappa shape index (κ2) is 6.41. The summed E-state index contributed by atoms with van der Waals surface area (Å²) in [6, 6.07) is 16.6. The first-order valence-electron chi connectivity index (χ1n) is 6.30. The van der Waals surface area contributed by atoms with Crippen molar-refractivity contribution in [2.45, 2.75) is 6.42 Å². The van der Waals surface area contributed by atoms with Gasteiger partial charge in [0.2, 0.25) is 10.0 Å². The van der Waals surface area contributed by atoms with E-state index >= 15 is 0 Å². The average Bonchev–Trinajstić information content (AvgIpc) is 2.40. The Balaban J connectivity index is 2.23. The molecular formula is C15H15NO4S. The molecule has 2 aromatic carbocycles. The van der Waals surface area contributed by atoms with E-state index in [-0.39, 0.29) is 0 Å².